The molecule has 0 spiro atoms. The van der Waals surface area contributed by atoms with E-state index in [0.29, 0.717) is 23.1 Å². The molecular formula is C28H23FN2O4S. The number of rotatable bonds is 5. The highest BCUT2D eigenvalue weighted by Gasteiger charge is 2.48. The number of fused-ring (bicyclic) bond motifs is 1. The molecule has 0 radical (unpaired) electrons. The van der Waals surface area contributed by atoms with Gasteiger partial charge in [-0.1, -0.05) is 29.5 Å². The molecule has 0 unspecified atom stereocenters. The molecule has 2 heterocycles. The number of Topliss-reactive ketones (excluding diaryl/α,β-unsaturated/α-hetero) is 1. The van der Waals surface area contributed by atoms with E-state index < -0.39 is 23.5 Å². The maximum Gasteiger partial charge on any atom is 0.301 e. The zero-order chi connectivity index (χ0) is 25.6. The van der Waals surface area contributed by atoms with E-state index >= 15 is 0 Å². The summed E-state index contributed by atoms with van der Waals surface area (Å²) in [6, 6.07) is 15.2. The van der Waals surface area contributed by atoms with Crippen molar-refractivity contribution in [3.63, 3.8) is 0 Å². The number of carbonyl (C=O) groups is 2. The van der Waals surface area contributed by atoms with Crippen LogP contribution < -0.4 is 9.64 Å². The minimum Gasteiger partial charge on any atom is -0.507 e. The van der Waals surface area contributed by atoms with Crippen molar-refractivity contribution < 1.29 is 23.8 Å². The standard InChI is InChI=1S/C28H23FN2O4S/c1-4-35-20-11-7-17(8-12-20)24-22(25(32)18-5-9-19(29)10-6-18)26(33)27(34)31(24)28-30-23-16(3)13-15(2)14-21(23)36-28/h5-14,24,32H,4H2,1-3H3/t24-/m1/s1. The van der Waals surface area contributed by atoms with Gasteiger partial charge >= 0.3 is 5.91 Å². The first kappa shape index (κ1) is 23.7. The average Bonchev–Trinajstić information content (AvgIpc) is 3.38. The van der Waals surface area contributed by atoms with Crippen LogP contribution in [0.25, 0.3) is 16.0 Å². The smallest absolute Gasteiger partial charge is 0.301 e. The highest BCUT2D eigenvalue weighted by molar-refractivity contribution is 7.22. The fraction of sp³-hybridized carbons (Fsp3) is 0.179. The number of hydrogen-bond donors (Lipinski definition) is 1. The summed E-state index contributed by atoms with van der Waals surface area (Å²) in [7, 11) is 0. The number of benzene rings is 3. The topological polar surface area (TPSA) is 79.7 Å². The van der Waals surface area contributed by atoms with Gasteiger partial charge in [-0.3, -0.25) is 14.5 Å². The van der Waals surface area contributed by atoms with Crippen LogP contribution in [0.3, 0.4) is 0 Å². The summed E-state index contributed by atoms with van der Waals surface area (Å²) in [5, 5.41) is 11.5. The SMILES string of the molecule is CCOc1ccc([C@@H]2C(=C(O)c3ccc(F)cc3)C(=O)C(=O)N2c2nc3c(C)cc(C)cc3s2)cc1. The molecule has 1 aliphatic rings. The Balaban J connectivity index is 1.71. The molecule has 3 aromatic carbocycles. The number of thiazole rings is 1. The fourth-order valence-electron chi connectivity index (χ4n) is 4.48. The Morgan fingerprint density at radius 2 is 1.78 bits per heavy atom. The summed E-state index contributed by atoms with van der Waals surface area (Å²) >= 11 is 1.31. The summed E-state index contributed by atoms with van der Waals surface area (Å²) in [5.41, 5.74) is 3.55. The van der Waals surface area contributed by atoms with Crippen molar-refractivity contribution in [3.05, 3.63) is 94.3 Å². The number of hydrogen-bond acceptors (Lipinski definition) is 6. The predicted molar refractivity (Wildman–Crippen MR) is 138 cm³/mol. The first-order valence-corrected chi connectivity index (χ1v) is 12.3. The molecule has 1 aromatic heterocycles. The van der Waals surface area contributed by atoms with Gasteiger partial charge in [-0.15, -0.1) is 0 Å². The first-order valence-electron chi connectivity index (χ1n) is 11.5. The van der Waals surface area contributed by atoms with Gasteiger partial charge in [0.05, 0.1) is 28.4 Å². The quantitative estimate of drug-likeness (QED) is 0.203. The van der Waals surface area contributed by atoms with Gasteiger partial charge in [0, 0.05) is 5.56 Å². The Hall–Kier alpha value is -4.04. The zero-order valence-electron chi connectivity index (χ0n) is 19.9. The maximum absolute atomic E-state index is 13.5. The Morgan fingerprint density at radius 1 is 1.08 bits per heavy atom. The summed E-state index contributed by atoms with van der Waals surface area (Å²) in [6.45, 7) is 6.31. The third-order valence-electron chi connectivity index (χ3n) is 6.09. The molecule has 0 aliphatic carbocycles. The van der Waals surface area contributed by atoms with Crippen LogP contribution >= 0.6 is 11.3 Å². The molecule has 1 saturated heterocycles. The minimum absolute atomic E-state index is 0.0806. The van der Waals surface area contributed by atoms with E-state index in [0.717, 1.165) is 21.3 Å². The molecule has 0 saturated carbocycles. The summed E-state index contributed by atoms with van der Waals surface area (Å²) in [5.74, 6) is -1.82. The minimum atomic E-state index is -0.923. The lowest BCUT2D eigenvalue weighted by atomic mass is 9.95. The van der Waals surface area contributed by atoms with Crippen molar-refractivity contribution in [3.8, 4) is 5.75 Å². The molecule has 1 N–H and O–H groups in total. The molecule has 4 aromatic rings. The van der Waals surface area contributed by atoms with Gasteiger partial charge in [0.2, 0.25) is 0 Å². The van der Waals surface area contributed by atoms with E-state index in [4.69, 9.17) is 9.72 Å². The van der Waals surface area contributed by atoms with Crippen LogP contribution in [0.4, 0.5) is 9.52 Å². The number of ketones is 1. The normalized spacial score (nSPS) is 17.2. The van der Waals surface area contributed by atoms with Gasteiger partial charge in [-0.2, -0.15) is 0 Å². The van der Waals surface area contributed by atoms with Gasteiger partial charge in [-0.25, -0.2) is 9.37 Å². The molecule has 1 aliphatic heterocycles. The van der Waals surface area contributed by atoms with Crippen molar-refractivity contribution in [2.24, 2.45) is 0 Å². The molecule has 1 fully saturated rings. The lowest BCUT2D eigenvalue weighted by Gasteiger charge is -2.23. The van der Waals surface area contributed by atoms with Crippen LogP contribution in [0.1, 0.15) is 35.2 Å². The van der Waals surface area contributed by atoms with Gasteiger partial charge in [-0.05, 0) is 79.9 Å². The number of aromatic nitrogens is 1. The van der Waals surface area contributed by atoms with Gasteiger partial charge in [0.15, 0.2) is 5.13 Å². The number of nitrogens with zero attached hydrogens (tertiary/aromatic N) is 2. The molecule has 8 heteroatoms. The van der Waals surface area contributed by atoms with E-state index in [1.165, 1.54) is 40.5 Å². The highest BCUT2D eigenvalue weighted by Crippen LogP contribution is 2.45. The number of carbonyl (C=O) groups excluding carboxylic acids is 2. The Morgan fingerprint density at radius 3 is 2.44 bits per heavy atom. The Bertz CT molecular complexity index is 1520. The van der Waals surface area contributed by atoms with Crippen LogP contribution in [-0.4, -0.2) is 28.4 Å². The Kier molecular flexibility index (Phi) is 6.05. The Labute approximate surface area is 211 Å². The average molecular weight is 503 g/mol. The lowest BCUT2D eigenvalue weighted by Crippen LogP contribution is -2.29. The van der Waals surface area contributed by atoms with Crippen LogP contribution in [0.15, 0.2) is 66.2 Å². The van der Waals surface area contributed by atoms with Crippen molar-refractivity contribution in [2.45, 2.75) is 26.8 Å². The summed E-state index contributed by atoms with van der Waals surface area (Å²) in [4.78, 5) is 32.8. The molecule has 1 amide bonds. The maximum atomic E-state index is 13.5. The van der Waals surface area contributed by atoms with Crippen molar-refractivity contribution in [2.75, 3.05) is 11.5 Å². The molecule has 1 atom stereocenters. The van der Waals surface area contributed by atoms with Crippen molar-refractivity contribution in [1.82, 2.24) is 4.98 Å². The monoisotopic (exact) mass is 502 g/mol. The predicted octanol–water partition coefficient (Wildman–Crippen LogP) is 6.08. The van der Waals surface area contributed by atoms with Crippen LogP contribution in [0.5, 0.6) is 5.75 Å². The van der Waals surface area contributed by atoms with Gasteiger partial charge < -0.3 is 9.84 Å². The van der Waals surface area contributed by atoms with Crippen LogP contribution in [0, 0.1) is 19.7 Å². The van der Waals surface area contributed by atoms with Crippen molar-refractivity contribution in [1.29, 1.82) is 0 Å². The second kappa shape index (κ2) is 9.20. The molecule has 0 bridgehead atoms. The highest BCUT2D eigenvalue weighted by atomic mass is 32.1. The lowest BCUT2D eigenvalue weighted by molar-refractivity contribution is -0.132. The number of aliphatic hydroxyl groups is 1. The van der Waals surface area contributed by atoms with E-state index in [2.05, 4.69) is 0 Å². The van der Waals surface area contributed by atoms with E-state index in [9.17, 15) is 19.1 Å². The number of anilines is 1. The van der Waals surface area contributed by atoms with Crippen LogP contribution in [0.2, 0.25) is 0 Å². The number of halogens is 1. The second-order valence-electron chi connectivity index (χ2n) is 8.60. The number of ether oxygens (including phenoxy) is 1. The van der Waals surface area contributed by atoms with E-state index in [-0.39, 0.29) is 16.9 Å². The second-order valence-corrected chi connectivity index (χ2v) is 9.61. The van der Waals surface area contributed by atoms with Gasteiger partial charge in [0.25, 0.3) is 5.78 Å². The summed E-state index contributed by atoms with van der Waals surface area (Å²) in [6.07, 6.45) is 0. The van der Waals surface area contributed by atoms with Crippen LogP contribution in [-0.2, 0) is 9.59 Å². The molecule has 6 nitrogen and oxygen atoms in total. The first-order chi connectivity index (χ1) is 17.3. The largest absolute Gasteiger partial charge is 0.507 e. The zero-order valence-corrected chi connectivity index (χ0v) is 20.7. The molecule has 36 heavy (non-hydrogen) atoms. The van der Waals surface area contributed by atoms with Crippen molar-refractivity contribution >= 4 is 44.1 Å². The van der Waals surface area contributed by atoms with Gasteiger partial charge in [0.1, 0.15) is 17.3 Å². The summed E-state index contributed by atoms with van der Waals surface area (Å²) < 4.78 is 19.9. The number of aliphatic hydroxyl groups excluding tert-OH is 1. The fourth-order valence-corrected chi connectivity index (χ4v) is 5.65. The number of amides is 1. The number of aryl methyl sites for hydroxylation is 2. The van der Waals surface area contributed by atoms with E-state index in [1.54, 1.807) is 24.3 Å². The van der Waals surface area contributed by atoms with E-state index in [1.807, 2.05) is 32.9 Å². The molecule has 182 valence electrons. The third kappa shape index (κ3) is 4.03. The molecule has 5 rings (SSSR count). The molecular weight excluding hydrogens is 479 g/mol. The third-order valence-corrected chi connectivity index (χ3v) is 7.10.